The molecule has 0 unspecified atom stereocenters. The van der Waals surface area contributed by atoms with Crippen molar-refractivity contribution >= 4 is 39.0 Å². The Morgan fingerprint density at radius 2 is 1.22 bits per heavy atom. The summed E-state index contributed by atoms with van der Waals surface area (Å²) >= 11 is 0. The van der Waals surface area contributed by atoms with E-state index in [-0.39, 0.29) is 0 Å². The van der Waals surface area contributed by atoms with Gasteiger partial charge in [0.2, 0.25) is 0 Å². The summed E-state index contributed by atoms with van der Waals surface area (Å²) in [4.78, 5) is 10.9. The summed E-state index contributed by atoms with van der Waals surface area (Å²) in [6.07, 6.45) is 7.02. The molecule has 240 valence electrons. The number of rotatable bonds is 7. The van der Waals surface area contributed by atoms with Crippen molar-refractivity contribution in [1.82, 2.24) is 14.5 Å². The lowest BCUT2D eigenvalue weighted by Crippen LogP contribution is -1.99. The summed E-state index contributed by atoms with van der Waals surface area (Å²) in [7, 11) is 0. The van der Waals surface area contributed by atoms with Gasteiger partial charge in [-0.3, -0.25) is 4.57 Å². The van der Waals surface area contributed by atoms with Crippen LogP contribution in [-0.2, 0) is 0 Å². The summed E-state index contributed by atoms with van der Waals surface area (Å²) in [5.41, 5.74) is 13.8. The molecule has 0 saturated carbocycles. The van der Waals surface area contributed by atoms with E-state index in [0.717, 1.165) is 90.3 Å². The highest BCUT2D eigenvalue weighted by Gasteiger charge is 2.21. The topological polar surface area (TPSA) is 42.7 Å². The fraction of sp³-hybridized carbons (Fsp3) is 0.0213. The normalized spacial score (nSPS) is 12.3. The average molecular weight is 653 g/mol. The fourth-order valence-corrected chi connectivity index (χ4v) is 6.79. The van der Waals surface area contributed by atoms with E-state index < -0.39 is 0 Å². The van der Waals surface area contributed by atoms with Gasteiger partial charge in [0.25, 0.3) is 0 Å². The van der Waals surface area contributed by atoms with Gasteiger partial charge in [0.05, 0.1) is 16.9 Å². The van der Waals surface area contributed by atoms with Gasteiger partial charge >= 0.3 is 0 Å². The average Bonchev–Trinajstić information content (AvgIpc) is 3.30. The first kappa shape index (κ1) is 30.1. The maximum absolute atomic E-state index is 5.46. The number of para-hydroxylation sites is 2. The molecular formula is C47H32N4. The molecule has 2 heterocycles. The second kappa shape index (κ2) is 13.2. The minimum atomic E-state index is 0.748. The third-order valence-electron chi connectivity index (χ3n) is 9.23. The molecule has 0 atom stereocenters. The third kappa shape index (κ3) is 5.77. The number of allylic oxidation sites excluding steroid dienone is 4. The van der Waals surface area contributed by atoms with Crippen LogP contribution in [0.25, 0.3) is 67.0 Å². The highest BCUT2D eigenvalue weighted by Crippen LogP contribution is 2.39. The van der Waals surface area contributed by atoms with Crippen molar-refractivity contribution in [3.8, 4) is 51.2 Å². The summed E-state index contributed by atoms with van der Waals surface area (Å²) in [6.45, 7) is 0. The Labute approximate surface area is 297 Å². The van der Waals surface area contributed by atoms with Gasteiger partial charge in [0, 0.05) is 51.1 Å². The standard InChI is InChI=1S/C47H32N4/c1-2-8-18-33(17-7-1)40-29-27-37(32-42(40)48-38-23-13-5-14-24-38)36-28-30-43-41(31-36)46-47(51(43)39-25-15-6-16-26-39)50-45(35-21-11-4-12-22-35)44(49-46)34-19-9-3-10-20-34/h1,3-7,9-17,19-32,48H,2H2. The predicted molar refractivity (Wildman–Crippen MR) is 212 cm³/mol. The van der Waals surface area contributed by atoms with E-state index in [4.69, 9.17) is 9.97 Å². The van der Waals surface area contributed by atoms with Gasteiger partial charge in [-0.25, -0.2) is 9.97 Å². The first-order valence-corrected chi connectivity index (χ1v) is 17.2. The Hall–Kier alpha value is -6.96. The van der Waals surface area contributed by atoms with Gasteiger partial charge in [-0.1, -0.05) is 139 Å². The minimum absolute atomic E-state index is 0.748. The molecule has 9 rings (SSSR count). The molecule has 51 heavy (non-hydrogen) atoms. The van der Waals surface area contributed by atoms with E-state index in [2.05, 4.69) is 161 Å². The molecule has 0 bridgehead atoms. The molecule has 8 aromatic rings. The van der Waals surface area contributed by atoms with Crippen LogP contribution in [0.2, 0.25) is 0 Å². The number of aromatic nitrogens is 3. The number of nitrogens with zero attached hydrogens (tertiary/aromatic N) is 3. The molecule has 4 nitrogen and oxygen atoms in total. The molecule has 2 aromatic heterocycles. The number of hydrogen-bond acceptors (Lipinski definition) is 3. The smallest absolute Gasteiger partial charge is 0.165 e. The Bertz CT molecular complexity index is 2660. The lowest BCUT2D eigenvalue weighted by molar-refractivity contribution is 1.13. The Morgan fingerprint density at radius 1 is 0.588 bits per heavy atom. The summed E-state index contributed by atoms with van der Waals surface area (Å²) in [5, 5.41) is 4.72. The second-order valence-electron chi connectivity index (χ2n) is 12.5. The van der Waals surface area contributed by atoms with Crippen LogP contribution in [-0.4, -0.2) is 14.5 Å². The Morgan fingerprint density at radius 3 is 1.94 bits per heavy atom. The van der Waals surface area contributed by atoms with Gasteiger partial charge in [-0.15, -0.1) is 0 Å². The van der Waals surface area contributed by atoms with Crippen molar-refractivity contribution in [2.45, 2.75) is 6.42 Å². The zero-order chi connectivity index (χ0) is 34.0. The fourth-order valence-electron chi connectivity index (χ4n) is 6.79. The van der Waals surface area contributed by atoms with E-state index in [9.17, 15) is 0 Å². The highest BCUT2D eigenvalue weighted by molar-refractivity contribution is 6.08. The molecule has 0 aliphatic heterocycles. The minimum Gasteiger partial charge on any atom is -0.355 e. The zero-order valence-electron chi connectivity index (χ0n) is 27.8. The summed E-state index contributed by atoms with van der Waals surface area (Å²) in [5.74, 6) is 6.64. The van der Waals surface area contributed by atoms with E-state index in [1.807, 2.05) is 36.4 Å². The molecule has 0 amide bonds. The molecule has 0 spiro atoms. The van der Waals surface area contributed by atoms with Crippen molar-refractivity contribution < 1.29 is 0 Å². The highest BCUT2D eigenvalue weighted by atomic mass is 15.1. The quantitative estimate of drug-likeness (QED) is 0.174. The van der Waals surface area contributed by atoms with Crippen molar-refractivity contribution in [3.63, 3.8) is 0 Å². The molecule has 6 aromatic carbocycles. The van der Waals surface area contributed by atoms with E-state index >= 15 is 0 Å². The van der Waals surface area contributed by atoms with Gasteiger partial charge in [-0.2, -0.15) is 0 Å². The van der Waals surface area contributed by atoms with Crippen LogP contribution < -0.4 is 5.32 Å². The SMILES string of the molecule is C1#CC(c2ccc(-c3ccc4c(c3)c3nc(-c5ccccc5)c(-c5ccccc5)nc3n4-c3ccccc3)cc2Nc2ccccc2)=CC=CC1. The second-order valence-corrected chi connectivity index (χ2v) is 12.5. The monoisotopic (exact) mass is 652 g/mol. The van der Waals surface area contributed by atoms with Crippen molar-refractivity contribution in [2.24, 2.45) is 0 Å². The van der Waals surface area contributed by atoms with Gasteiger partial charge in [0.15, 0.2) is 5.65 Å². The first-order chi connectivity index (χ1) is 25.3. The van der Waals surface area contributed by atoms with Crippen LogP contribution in [0, 0.1) is 11.8 Å². The van der Waals surface area contributed by atoms with Crippen LogP contribution in [0.5, 0.6) is 0 Å². The Kier molecular flexibility index (Phi) is 7.77. The van der Waals surface area contributed by atoms with Crippen LogP contribution in [0.4, 0.5) is 11.4 Å². The summed E-state index contributed by atoms with van der Waals surface area (Å²) < 4.78 is 2.23. The number of fused-ring (bicyclic) bond motifs is 3. The van der Waals surface area contributed by atoms with Gasteiger partial charge in [-0.05, 0) is 59.7 Å². The molecule has 0 fully saturated rings. The van der Waals surface area contributed by atoms with Crippen LogP contribution in [0.3, 0.4) is 0 Å². The van der Waals surface area contributed by atoms with E-state index in [0.29, 0.717) is 0 Å². The molecule has 1 aliphatic carbocycles. The van der Waals surface area contributed by atoms with Crippen LogP contribution in [0.15, 0.2) is 176 Å². The van der Waals surface area contributed by atoms with Crippen LogP contribution in [0.1, 0.15) is 12.0 Å². The molecule has 0 radical (unpaired) electrons. The largest absolute Gasteiger partial charge is 0.355 e. The number of nitrogens with one attached hydrogen (secondary N) is 1. The molecule has 1 aliphatic rings. The first-order valence-electron chi connectivity index (χ1n) is 17.2. The van der Waals surface area contributed by atoms with E-state index in [1.165, 1.54) is 0 Å². The number of benzene rings is 6. The Balaban J connectivity index is 1.27. The lowest BCUT2D eigenvalue weighted by Gasteiger charge is -2.15. The summed E-state index contributed by atoms with van der Waals surface area (Å²) in [6, 6.07) is 54.7. The zero-order valence-corrected chi connectivity index (χ0v) is 27.8. The van der Waals surface area contributed by atoms with Gasteiger partial charge < -0.3 is 5.32 Å². The number of hydrogen-bond donors (Lipinski definition) is 1. The van der Waals surface area contributed by atoms with E-state index in [1.54, 1.807) is 0 Å². The number of anilines is 2. The molecular weight excluding hydrogens is 621 g/mol. The van der Waals surface area contributed by atoms with Crippen molar-refractivity contribution in [2.75, 3.05) is 5.32 Å². The lowest BCUT2D eigenvalue weighted by atomic mass is 9.97. The molecule has 4 heteroatoms. The van der Waals surface area contributed by atoms with Gasteiger partial charge in [0.1, 0.15) is 5.52 Å². The predicted octanol–water partition coefficient (Wildman–Crippen LogP) is 11.7. The maximum Gasteiger partial charge on any atom is 0.165 e. The molecule has 0 saturated heterocycles. The molecule has 1 N–H and O–H groups in total. The van der Waals surface area contributed by atoms with Crippen molar-refractivity contribution in [1.29, 1.82) is 0 Å². The van der Waals surface area contributed by atoms with Crippen molar-refractivity contribution in [3.05, 3.63) is 182 Å². The van der Waals surface area contributed by atoms with Crippen LogP contribution >= 0.6 is 0 Å². The third-order valence-corrected chi connectivity index (χ3v) is 9.23. The maximum atomic E-state index is 5.46.